The fourth-order valence-electron chi connectivity index (χ4n) is 2.05. The first-order valence-electron chi connectivity index (χ1n) is 6.69. The minimum Gasteiger partial charge on any atom is -0.318 e. The summed E-state index contributed by atoms with van der Waals surface area (Å²) in [5.74, 6) is -1.50. The first kappa shape index (κ1) is 15.3. The standard InChI is InChI=1S/C17H15N3O2/c1-11-7-12(2)9-15(8-11)20-17(22)16(21)19-14-5-3-13(10-18)4-6-14/h3-9H,1-2H3,(H,19,21)(H,20,22). The van der Waals surface area contributed by atoms with Gasteiger partial charge in [0.15, 0.2) is 0 Å². The Balaban J connectivity index is 2.02. The minimum atomic E-state index is -0.760. The molecule has 0 aliphatic carbocycles. The number of nitrogens with one attached hydrogen (secondary N) is 2. The van der Waals surface area contributed by atoms with Crippen LogP contribution in [-0.4, -0.2) is 11.8 Å². The second-order valence-corrected chi connectivity index (χ2v) is 4.97. The lowest BCUT2D eigenvalue weighted by atomic mass is 10.1. The van der Waals surface area contributed by atoms with Gasteiger partial charge in [0.25, 0.3) is 0 Å². The fraction of sp³-hybridized carbons (Fsp3) is 0.118. The monoisotopic (exact) mass is 293 g/mol. The Labute approximate surface area is 128 Å². The van der Waals surface area contributed by atoms with Gasteiger partial charge in [0.05, 0.1) is 11.6 Å². The number of rotatable bonds is 2. The van der Waals surface area contributed by atoms with Gasteiger partial charge in [-0.05, 0) is 61.4 Å². The highest BCUT2D eigenvalue weighted by atomic mass is 16.2. The summed E-state index contributed by atoms with van der Waals surface area (Å²) in [6.45, 7) is 3.83. The van der Waals surface area contributed by atoms with Crippen LogP contribution in [0, 0.1) is 25.2 Å². The summed E-state index contributed by atoms with van der Waals surface area (Å²) in [6, 6.07) is 13.8. The van der Waals surface area contributed by atoms with Crippen LogP contribution >= 0.6 is 0 Å². The topological polar surface area (TPSA) is 82.0 Å². The van der Waals surface area contributed by atoms with Crippen LogP contribution in [-0.2, 0) is 9.59 Å². The molecule has 0 unspecified atom stereocenters. The van der Waals surface area contributed by atoms with Crippen molar-refractivity contribution in [2.45, 2.75) is 13.8 Å². The summed E-state index contributed by atoms with van der Waals surface area (Å²) in [4.78, 5) is 23.7. The maximum atomic E-state index is 11.9. The van der Waals surface area contributed by atoms with Crippen LogP contribution in [0.5, 0.6) is 0 Å². The van der Waals surface area contributed by atoms with Crippen LogP contribution in [0.1, 0.15) is 16.7 Å². The largest absolute Gasteiger partial charge is 0.318 e. The van der Waals surface area contributed by atoms with E-state index in [1.807, 2.05) is 26.0 Å². The van der Waals surface area contributed by atoms with Crippen LogP contribution in [0.3, 0.4) is 0 Å². The third-order valence-electron chi connectivity index (χ3n) is 2.96. The number of benzene rings is 2. The van der Waals surface area contributed by atoms with E-state index >= 15 is 0 Å². The van der Waals surface area contributed by atoms with Crippen molar-refractivity contribution in [1.82, 2.24) is 0 Å². The number of anilines is 2. The van der Waals surface area contributed by atoms with Gasteiger partial charge in [0.2, 0.25) is 0 Å². The average molecular weight is 293 g/mol. The molecule has 0 heterocycles. The molecule has 2 amide bonds. The van der Waals surface area contributed by atoms with E-state index in [1.54, 1.807) is 36.4 Å². The second kappa shape index (κ2) is 6.55. The molecule has 22 heavy (non-hydrogen) atoms. The van der Waals surface area contributed by atoms with Crippen LogP contribution in [0.2, 0.25) is 0 Å². The Bertz CT molecular complexity index is 738. The molecule has 2 rings (SSSR count). The molecule has 5 heteroatoms. The number of carbonyl (C=O) groups excluding carboxylic acids is 2. The molecule has 0 atom stereocenters. The molecule has 0 aliphatic heterocycles. The van der Waals surface area contributed by atoms with Gasteiger partial charge >= 0.3 is 11.8 Å². The zero-order valence-electron chi connectivity index (χ0n) is 12.3. The summed E-state index contributed by atoms with van der Waals surface area (Å²) in [7, 11) is 0. The lowest BCUT2D eigenvalue weighted by molar-refractivity contribution is -0.132. The van der Waals surface area contributed by atoms with Gasteiger partial charge in [-0.25, -0.2) is 0 Å². The van der Waals surface area contributed by atoms with Crippen molar-refractivity contribution in [2.24, 2.45) is 0 Å². The Morgan fingerprint density at radius 3 is 1.86 bits per heavy atom. The molecular weight excluding hydrogens is 278 g/mol. The molecular formula is C17H15N3O2. The van der Waals surface area contributed by atoms with Crippen molar-refractivity contribution in [2.75, 3.05) is 10.6 Å². The predicted octanol–water partition coefficient (Wildman–Crippen LogP) is 2.75. The van der Waals surface area contributed by atoms with Crippen LogP contribution in [0.15, 0.2) is 42.5 Å². The van der Waals surface area contributed by atoms with E-state index in [-0.39, 0.29) is 0 Å². The van der Waals surface area contributed by atoms with Gasteiger partial charge in [-0.2, -0.15) is 5.26 Å². The summed E-state index contributed by atoms with van der Waals surface area (Å²) < 4.78 is 0. The van der Waals surface area contributed by atoms with E-state index in [2.05, 4.69) is 10.6 Å². The van der Waals surface area contributed by atoms with Crippen molar-refractivity contribution in [1.29, 1.82) is 5.26 Å². The molecule has 0 aromatic heterocycles. The van der Waals surface area contributed by atoms with Crippen molar-refractivity contribution in [3.63, 3.8) is 0 Å². The van der Waals surface area contributed by atoms with Crippen LogP contribution < -0.4 is 10.6 Å². The van der Waals surface area contributed by atoms with Gasteiger partial charge in [0.1, 0.15) is 0 Å². The van der Waals surface area contributed by atoms with E-state index in [0.29, 0.717) is 16.9 Å². The summed E-state index contributed by atoms with van der Waals surface area (Å²) in [5.41, 5.74) is 3.53. The number of carbonyl (C=O) groups is 2. The lowest BCUT2D eigenvalue weighted by Crippen LogP contribution is -2.29. The van der Waals surface area contributed by atoms with Crippen molar-refractivity contribution in [3.8, 4) is 6.07 Å². The second-order valence-electron chi connectivity index (χ2n) is 4.97. The van der Waals surface area contributed by atoms with Gasteiger partial charge in [0, 0.05) is 11.4 Å². The quantitative estimate of drug-likeness (QED) is 0.835. The van der Waals surface area contributed by atoms with Crippen molar-refractivity contribution < 1.29 is 9.59 Å². The summed E-state index contributed by atoms with van der Waals surface area (Å²) in [6.07, 6.45) is 0. The number of amides is 2. The van der Waals surface area contributed by atoms with Crippen molar-refractivity contribution in [3.05, 3.63) is 59.2 Å². The molecule has 0 bridgehead atoms. The van der Waals surface area contributed by atoms with Gasteiger partial charge in [-0.3, -0.25) is 9.59 Å². The molecule has 5 nitrogen and oxygen atoms in total. The molecule has 0 fully saturated rings. The van der Waals surface area contributed by atoms with E-state index < -0.39 is 11.8 Å². The zero-order valence-corrected chi connectivity index (χ0v) is 12.3. The number of aryl methyl sites for hydroxylation is 2. The molecule has 0 radical (unpaired) electrons. The maximum absolute atomic E-state index is 11.9. The highest BCUT2D eigenvalue weighted by Gasteiger charge is 2.14. The molecule has 110 valence electrons. The molecule has 0 saturated carbocycles. The highest BCUT2D eigenvalue weighted by Crippen LogP contribution is 2.14. The molecule has 2 aromatic rings. The smallest absolute Gasteiger partial charge is 0.314 e. The van der Waals surface area contributed by atoms with E-state index in [0.717, 1.165) is 11.1 Å². The van der Waals surface area contributed by atoms with Gasteiger partial charge < -0.3 is 10.6 Å². The Morgan fingerprint density at radius 2 is 1.36 bits per heavy atom. The third kappa shape index (κ3) is 3.93. The van der Waals surface area contributed by atoms with Gasteiger partial charge in [-0.1, -0.05) is 6.07 Å². The number of hydrogen-bond acceptors (Lipinski definition) is 3. The molecule has 2 aromatic carbocycles. The molecule has 2 N–H and O–H groups in total. The zero-order chi connectivity index (χ0) is 16.1. The minimum absolute atomic E-state index is 0.458. The Morgan fingerprint density at radius 1 is 0.864 bits per heavy atom. The van der Waals surface area contributed by atoms with Crippen LogP contribution in [0.4, 0.5) is 11.4 Å². The van der Waals surface area contributed by atoms with Crippen molar-refractivity contribution >= 4 is 23.2 Å². The van der Waals surface area contributed by atoms with E-state index in [9.17, 15) is 9.59 Å². The highest BCUT2D eigenvalue weighted by molar-refractivity contribution is 6.43. The summed E-state index contributed by atoms with van der Waals surface area (Å²) in [5, 5.41) is 13.8. The predicted molar refractivity (Wildman–Crippen MR) is 84.3 cm³/mol. The first-order chi connectivity index (χ1) is 10.5. The normalized spacial score (nSPS) is 9.68. The molecule has 0 saturated heterocycles. The Hall–Kier alpha value is -3.13. The third-order valence-corrected chi connectivity index (χ3v) is 2.96. The molecule has 0 spiro atoms. The maximum Gasteiger partial charge on any atom is 0.314 e. The number of nitriles is 1. The van der Waals surface area contributed by atoms with E-state index in [1.165, 1.54) is 0 Å². The first-order valence-corrected chi connectivity index (χ1v) is 6.69. The lowest BCUT2D eigenvalue weighted by Gasteiger charge is -2.08. The summed E-state index contributed by atoms with van der Waals surface area (Å²) >= 11 is 0. The number of hydrogen-bond donors (Lipinski definition) is 2. The Kier molecular flexibility index (Phi) is 4.54. The number of nitrogens with zero attached hydrogens (tertiary/aromatic N) is 1. The molecule has 0 aliphatic rings. The van der Waals surface area contributed by atoms with Gasteiger partial charge in [-0.15, -0.1) is 0 Å². The van der Waals surface area contributed by atoms with Crippen LogP contribution in [0.25, 0.3) is 0 Å². The van der Waals surface area contributed by atoms with E-state index in [4.69, 9.17) is 5.26 Å². The SMILES string of the molecule is Cc1cc(C)cc(NC(=O)C(=O)Nc2ccc(C#N)cc2)c1. The fourth-order valence-corrected chi connectivity index (χ4v) is 2.05. The average Bonchev–Trinajstić information content (AvgIpc) is 2.46.